The second-order valence-electron chi connectivity index (χ2n) is 4.23. The van der Waals surface area contributed by atoms with Crippen molar-refractivity contribution < 1.29 is 4.79 Å². The van der Waals surface area contributed by atoms with E-state index in [-0.39, 0.29) is 5.91 Å². The maximum Gasteiger partial charge on any atom is 0.251 e. The van der Waals surface area contributed by atoms with Gasteiger partial charge in [0.1, 0.15) is 5.82 Å². The summed E-state index contributed by atoms with van der Waals surface area (Å²) >= 11 is 5.07. The van der Waals surface area contributed by atoms with E-state index in [1.165, 1.54) is 0 Å². The molecule has 0 spiro atoms. The van der Waals surface area contributed by atoms with E-state index < -0.39 is 0 Å². The van der Waals surface area contributed by atoms with Crippen molar-refractivity contribution in [1.82, 2.24) is 10.3 Å². The lowest BCUT2D eigenvalue weighted by molar-refractivity contribution is 0.0951. The predicted octanol–water partition coefficient (Wildman–Crippen LogP) is 3.66. The van der Waals surface area contributed by atoms with Crippen molar-refractivity contribution in [2.75, 3.05) is 11.9 Å². The first-order valence-corrected chi connectivity index (χ1v) is 8.08. The molecule has 0 bridgehead atoms. The number of anilines is 1. The van der Waals surface area contributed by atoms with Crippen LogP contribution in [0.2, 0.25) is 0 Å². The van der Waals surface area contributed by atoms with E-state index in [0.29, 0.717) is 12.1 Å². The normalized spacial score (nSPS) is 10.3. The number of rotatable bonds is 6. The van der Waals surface area contributed by atoms with Crippen molar-refractivity contribution in [3.8, 4) is 0 Å². The molecule has 0 aliphatic heterocycles. The third-order valence-electron chi connectivity index (χ3n) is 2.68. The average Bonchev–Trinajstić information content (AvgIpc) is 2.88. The van der Waals surface area contributed by atoms with Gasteiger partial charge in [0, 0.05) is 27.7 Å². The van der Waals surface area contributed by atoms with Crippen molar-refractivity contribution in [2.24, 2.45) is 0 Å². The molecule has 0 aliphatic rings. The highest BCUT2D eigenvalue weighted by Gasteiger charge is 2.08. The van der Waals surface area contributed by atoms with Gasteiger partial charge >= 0.3 is 0 Å². The molecule has 0 fully saturated rings. The van der Waals surface area contributed by atoms with Gasteiger partial charge in [-0.2, -0.15) is 0 Å². The lowest BCUT2D eigenvalue weighted by Crippen LogP contribution is -2.22. The second kappa shape index (κ2) is 7.40. The van der Waals surface area contributed by atoms with Gasteiger partial charge in [0.05, 0.1) is 6.54 Å². The molecular weight excluding hydrogens is 338 g/mol. The zero-order chi connectivity index (χ0) is 14.4. The summed E-state index contributed by atoms with van der Waals surface area (Å²) in [6.07, 6.45) is 2.67. The quantitative estimate of drug-likeness (QED) is 0.833. The van der Waals surface area contributed by atoms with Crippen LogP contribution in [0.1, 0.15) is 28.6 Å². The first kappa shape index (κ1) is 15.0. The SMILES string of the molecule is CCCNc1cc(C(=O)NCc2sccc2Br)ccn1. The summed E-state index contributed by atoms with van der Waals surface area (Å²) in [6.45, 7) is 3.46. The zero-order valence-corrected chi connectivity index (χ0v) is 13.6. The molecule has 0 aromatic carbocycles. The van der Waals surface area contributed by atoms with Gasteiger partial charge in [0.25, 0.3) is 5.91 Å². The zero-order valence-electron chi connectivity index (χ0n) is 11.1. The number of aromatic nitrogens is 1. The Bertz CT molecular complexity index is 585. The fourth-order valence-corrected chi connectivity index (χ4v) is 3.07. The standard InChI is InChI=1S/C14H16BrN3OS/c1-2-5-16-13-8-10(3-6-17-13)14(19)18-9-12-11(15)4-7-20-12/h3-4,6-8H,2,5,9H2,1H3,(H,16,17)(H,18,19). The molecule has 2 aromatic heterocycles. The number of hydrogen-bond acceptors (Lipinski definition) is 4. The molecule has 6 heteroatoms. The molecule has 0 aliphatic carbocycles. The molecule has 20 heavy (non-hydrogen) atoms. The van der Waals surface area contributed by atoms with Gasteiger partial charge in [-0.3, -0.25) is 4.79 Å². The number of halogens is 1. The van der Waals surface area contributed by atoms with E-state index in [0.717, 1.165) is 28.1 Å². The lowest BCUT2D eigenvalue weighted by atomic mass is 10.2. The molecule has 0 atom stereocenters. The number of thiophene rings is 1. The molecule has 0 unspecified atom stereocenters. The predicted molar refractivity (Wildman–Crippen MR) is 86.2 cm³/mol. The average molecular weight is 354 g/mol. The Labute approximate surface area is 130 Å². The van der Waals surface area contributed by atoms with Crippen LogP contribution in [0.3, 0.4) is 0 Å². The van der Waals surface area contributed by atoms with Gasteiger partial charge in [-0.1, -0.05) is 6.92 Å². The Kier molecular flexibility index (Phi) is 5.55. The topological polar surface area (TPSA) is 54.0 Å². The van der Waals surface area contributed by atoms with Gasteiger partial charge in [-0.15, -0.1) is 11.3 Å². The first-order chi connectivity index (χ1) is 9.70. The van der Waals surface area contributed by atoms with Gasteiger partial charge in [0.15, 0.2) is 0 Å². The third-order valence-corrected chi connectivity index (χ3v) is 4.61. The van der Waals surface area contributed by atoms with E-state index in [1.807, 2.05) is 11.4 Å². The summed E-state index contributed by atoms with van der Waals surface area (Å²) in [4.78, 5) is 17.4. The van der Waals surface area contributed by atoms with Crippen molar-refractivity contribution in [3.63, 3.8) is 0 Å². The molecular formula is C14H16BrN3OS. The van der Waals surface area contributed by atoms with Crippen LogP contribution in [-0.2, 0) is 6.54 Å². The van der Waals surface area contributed by atoms with E-state index in [1.54, 1.807) is 29.7 Å². The monoisotopic (exact) mass is 353 g/mol. The van der Waals surface area contributed by atoms with Crippen LogP contribution in [-0.4, -0.2) is 17.4 Å². The van der Waals surface area contributed by atoms with E-state index in [2.05, 4.69) is 38.5 Å². The maximum atomic E-state index is 12.1. The number of carbonyl (C=O) groups is 1. The fourth-order valence-electron chi connectivity index (χ4n) is 1.64. The summed E-state index contributed by atoms with van der Waals surface area (Å²) in [5.74, 6) is 0.643. The minimum absolute atomic E-state index is 0.0905. The van der Waals surface area contributed by atoms with Crippen LogP contribution >= 0.6 is 27.3 Å². The molecule has 2 N–H and O–H groups in total. The molecule has 2 aromatic rings. The first-order valence-electron chi connectivity index (χ1n) is 6.40. The van der Waals surface area contributed by atoms with Gasteiger partial charge in [-0.25, -0.2) is 4.98 Å². The number of carbonyl (C=O) groups excluding carboxylic acids is 1. The Balaban J connectivity index is 1.96. The number of nitrogens with zero attached hydrogens (tertiary/aromatic N) is 1. The molecule has 0 radical (unpaired) electrons. The largest absolute Gasteiger partial charge is 0.370 e. The lowest BCUT2D eigenvalue weighted by Gasteiger charge is -2.07. The summed E-state index contributed by atoms with van der Waals surface area (Å²) in [5.41, 5.74) is 0.617. The van der Waals surface area contributed by atoms with Gasteiger partial charge < -0.3 is 10.6 Å². The minimum atomic E-state index is -0.0905. The summed E-state index contributed by atoms with van der Waals surface area (Å²) in [7, 11) is 0. The summed E-state index contributed by atoms with van der Waals surface area (Å²) in [6, 6.07) is 5.47. The van der Waals surface area contributed by atoms with Crippen molar-refractivity contribution in [3.05, 3.63) is 44.7 Å². The van der Waals surface area contributed by atoms with Crippen LogP contribution in [0.4, 0.5) is 5.82 Å². The van der Waals surface area contributed by atoms with Crippen LogP contribution in [0.25, 0.3) is 0 Å². The Morgan fingerprint density at radius 1 is 1.45 bits per heavy atom. The number of amides is 1. The molecule has 2 rings (SSSR count). The van der Waals surface area contributed by atoms with Crippen LogP contribution in [0.5, 0.6) is 0 Å². The molecule has 1 amide bonds. The molecule has 106 valence electrons. The molecule has 2 heterocycles. The minimum Gasteiger partial charge on any atom is -0.370 e. The van der Waals surface area contributed by atoms with Crippen LogP contribution in [0, 0.1) is 0 Å². The highest BCUT2D eigenvalue weighted by Crippen LogP contribution is 2.22. The van der Waals surface area contributed by atoms with Gasteiger partial charge in [0.2, 0.25) is 0 Å². The van der Waals surface area contributed by atoms with Crippen molar-refractivity contribution in [2.45, 2.75) is 19.9 Å². The smallest absolute Gasteiger partial charge is 0.251 e. The highest BCUT2D eigenvalue weighted by atomic mass is 79.9. The third kappa shape index (κ3) is 4.05. The van der Waals surface area contributed by atoms with Crippen molar-refractivity contribution >= 4 is 39.0 Å². The molecule has 0 saturated heterocycles. The number of pyridine rings is 1. The molecule has 0 saturated carbocycles. The molecule has 4 nitrogen and oxygen atoms in total. The Morgan fingerprint density at radius 3 is 3.00 bits per heavy atom. The Hall–Kier alpha value is -1.40. The summed E-state index contributed by atoms with van der Waals surface area (Å²) in [5, 5.41) is 8.07. The van der Waals surface area contributed by atoms with Crippen LogP contribution < -0.4 is 10.6 Å². The Morgan fingerprint density at radius 2 is 2.30 bits per heavy atom. The highest BCUT2D eigenvalue weighted by molar-refractivity contribution is 9.10. The number of hydrogen-bond donors (Lipinski definition) is 2. The fraction of sp³-hybridized carbons (Fsp3) is 0.286. The van der Waals surface area contributed by atoms with E-state index >= 15 is 0 Å². The van der Waals surface area contributed by atoms with Gasteiger partial charge in [-0.05, 0) is 45.9 Å². The van der Waals surface area contributed by atoms with E-state index in [9.17, 15) is 4.79 Å². The maximum absolute atomic E-state index is 12.1. The van der Waals surface area contributed by atoms with Crippen LogP contribution in [0.15, 0.2) is 34.2 Å². The number of nitrogens with one attached hydrogen (secondary N) is 2. The van der Waals surface area contributed by atoms with Crippen molar-refractivity contribution in [1.29, 1.82) is 0 Å². The van der Waals surface area contributed by atoms with E-state index in [4.69, 9.17) is 0 Å². The second-order valence-corrected chi connectivity index (χ2v) is 6.09. The summed E-state index contributed by atoms with van der Waals surface area (Å²) < 4.78 is 1.03.